The van der Waals surface area contributed by atoms with Gasteiger partial charge in [0.05, 0.1) is 18.4 Å². The zero-order chi connectivity index (χ0) is 11.4. The Morgan fingerprint density at radius 1 is 1.31 bits per heavy atom. The fraction of sp³-hybridized carbons (Fsp3) is 0.154. The van der Waals surface area contributed by atoms with E-state index in [4.69, 9.17) is 0 Å². The first-order chi connectivity index (χ1) is 7.81. The van der Waals surface area contributed by atoms with Crippen LogP contribution in [0.5, 0.6) is 5.75 Å². The fourth-order valence-corrected chi connectivity index (χ4v) is 1.64. The van der Waals surface area contributed by atoms with E-state index >= 15 is 0 Å². The van der Waals surface area contributed by atoms with Crippen molar-refractivity contribution in [1.82, 2.24) is 9.78 Å². The maximum atomic E-state index is 9.61. The predicted molar refractivity (Wildman–Crippen MR) is 63.3 cm³/mol. The highest BCUT2D eigenvalue weighted by Crippen LogP contribution is 2.17. The SMILES string of the molecule is C=CCc1c(O)cnn1Cc1ccccc1. The molecule has 2 aromatic rings. The molecule has 82 valence electrons. The molecule has 1 aromatic heterocycles. The van der Waals surface area contributed by atoms with Crippen LogP contribution in [0.3, 0.4) is 0 Å². The molecule has 3 heteroatoms. The summed E-state index contributed by atoms with van der Waals surface area (Å²) in [6.07, 6.45) is 3.86. The lowest BCUT2D eigenvalue weighted by Gasteiger charge is -2.06. The first-order valence-corrected chi connectivity index (χ1v) is 5.19. The number of hydrogen-bond acceptors (Lipinski definition) is 2. The summed E-state index contributed by atoms with van der Waals surface area (Å²) in [5.74, 6) is 0.232. The quantitative estimate of drug-likeness (QED) is 0.793. The molecule has 16 heavy (non-hydrogen) atoms. The van der Waals surface area contributed by atoms with Crippen molar-refractivity contribution < 1.29 is 5.11 Å². The van der Waals surface area contributed by atoms with Crippen molar-refractivity contribution in [2.75, 3.05) is 0 Å². The number of nitrogens with zero attached hydrogens (tertiary/aromatic N) is 2. The van der Waals surface area contributed by atoms with Gasteiger partial charge in [0.25, 0.3) is 0 Å². The zero-order valence-electron chi connectivity index (χ0n) is 9.00. The lowest BCUT2D eigenvalue weighted by Crippen LogP contribution is -2.05. The second-order valence-corrected chi connectivity index (χ2v) is 3.61. The van der Waals surface area contributed by atoms with Crippen molar-refractivity contribution in [3.63, 3.8) is 0 Å². The van der Waals surface area contributed by atoms with E-state index in [2.05, 4.69) is 11.7 Å². The molecule has 0 saturated heterocycles. The highest BCUT2D eigenvalue weighted by molar-refractivity contribution is 5.26. The number of rotatable bonds is 4. The molecule has 0 atom stereocenters. The normalized spacial score (nSPS) is 10.2. The molecular weight excluding hydrogens is 200 g/mol. The van der Waals surface area contributed by atoms with Gasteiger partial charge in [0.1, 0.15) is 0 Å². The molecule has 0 unspecified atom stereocenters. The third kappa shape index (κ3) is 2.14. The molecule has 2 rings (SSSR count). The van der Waals surface area contributed by atoms with E-state index in [0.717, 1.165) is 11.3 Å². The van der Waals surface area contributed by atoms with Crippen LogP contribution in [0.25, 0.3) is 0 Å². The van der Waals surface area contributed by atoms with Crippen molar-refractivity contribution in [3.05, 3.63) is 60.4 Å². The van der Waals surface area contributed by atoms with Gasteiger partial charge in [-0.15, -0.1) is 6.58 Å². The summed E-state index contributed by atoms with van der Waals surface area (Å²) in [5, 5.41) is 13.8. The van der Waals surface area contributed by atoms with Crippen LogP contribution in [-0.4, -0.2) is 14.9 Å². The van der Waals surface area contributed by atoms with Gasteiger partial charge in [-0.1, -0.05) is 36.4 Å². The summed E-state index contributed by atoms with van der Waals surface area (Å²) >= 11 is 0. The number of benzene rings is 1. The molecule has 0 aliphatic carbocycles. The van der Waals surface area contributed by atoms with Gasteiger partial charge in [0, 0.05) is 6.42 Å². The maximum Gasteiger partial charge on any atom is 0.157 e. The topological polar surface area (TPSA) is 38.1 Å². The van der Waals surface area contributed by atoms with Gasteiger partial charge in [-0.25, -0.2) is 0 Å². The van der Waals surface area contributed by atoms with Crippen LogP contribution in [0.1, 0.15) is 11.3 Å². The highest BCUT2D eigenvalue weighted by Gasteiger charge is 2.08. The van der Waals surface area contributed by atoms with Gasteiger partial charge >= 0.3 is 0 Å². The molecule has 0 aliphatic heterocycles. The van der Waals surface area contributed by atoms with E-state index in [9.17, 15) is 5.11 Å². The van der Waals surface area contributed by atoms with E-state index in [0.29, 0.717) is 13.0 Å². The maximum absolute atomic E-state index is 9.61. The summed E-state index contributed by atoms with van der Waals surface area (Å²) in [4.78, 5) is 0. The summed E-state index contributed by atoms with van der Waals surface area (Å²) in [6.45, 7) is 4.34. The van der Waals surface area contributed by atoms with E-state index in [1.54, 1.807) is 10.8 Å². The van der Waals surface area contributed by atoms with Crippen molar-refractivity contribution in [1.29, 1.82) is 0 Å². The van der Waals surface area contributed by atoms with E-state index in [1.165, 1.54) is 6.20 Å². The fourth-order valence-electron chi connectivity index (χ4n) is 1.64. The number of allylic oxidation sites excluding steroid dienone is 1. The average Bonchev–Trinajstić information content (AvgIpc) is 2.64. The minimum atomic E-state index is 0.232. The molecule has 0 fully saturated rings. The van der Waals surface area contributed by atoms with E-state index in [1.807, 2.05) is 30.3 Å². The lowest BCUT2D eigenvalue weighted by atomic mass is 10.2. The smallest absolute Gasteiger partial charge is 0.157 e. The third-order valence-corrected chi connectivity index (χ3v) is 2.44. The van der Waals surface area contributed by atoms with Crippen LogP contribution in [0.4, 0.5) is 0 Å². The molecule has 0 aliphatic rings. The van der Waals surface area contributed by atoms with Gasteiger partial charge in [0.2, 0.25) is 0 Å². The lowest BCUT2D eigenvalue weighted by molar-refractivity contribution is 0.466. The minimum Gasteiger partial charge on any atom is -0.504 e. The van der Waals surface area contributed by atoms with Gasteiger partial charge in [0.15, 0.2) is 5.75 Å². The predicted octanol–water partition coefficient (Wildman–Crippen LogP) is 2.37. The monoisotopic (exact) mass is 214 g/mol. The Morgan fingerprint density at radius 3 is 2.75 bits per heavy atom. The zero-order valence-corrected chi connectivity index (χ0v) is 9.00. The summed E-state index contributed by atoms with van der Waals surface area (Å²) in [7, 11) is 0. The van der Waals surface area contributed by atoms with Crippen LogP contribution in [0.2, 0.25) is 0 Å². The van der Waals surface area contributed by atoms with E-state index in [-0.39, 0.29) is 5.75 Å². The van der Waals surface area contributed by atoms with Crippen LogP contribution < -0.4 is 0 Å². The first-order valence-electron chi connectivity index (χ1n) is 5.19. The molecule has 1 N–H and O–H groups in total. The Hall–Kier alpha value is -2.03. The molecule has 0 spiro atoms. The Kier molecular flexibility index (Phi) is 3.05. The molecule has 0 radical (unpaired) electrons. The number of aromatic nitrogens is 2. The largest absolute Gasteiger partial charge is 0.504 e. The first kappa shape index (κ1) is 10.5. The molecule has 0 saturated carbocycles. The Bertz CT molecular complexity index is 474. The van der Waals surface area contributed by atoms with Crippen LogP contribution in [0.15, 0.2) is 49.2 Å². The van der Waals surface area contributed by atoms with Gasteiger partial charge in [-0.3, -0.25) is 4.68 Å². The van der Waals surface area contributed by atoms with Crippen molar-refractivity contribution >= 4 is 0 Å². The second-order valence-electron chi connectivity index (χ2n) is 3.61. The molecule has 1 heterocycles. The number of aromatic hydroxyl groups is 1. The standard InChI is InChI=1S/C13H14N2O/c1-2-6-12-13(16)9-14-15(12)10-11-7-4-3-5-8-11/h2-5,7-9,16H,1,6,10H2. The number of hydrogen-bond donors (Lipinski definition) is 1. The van der Waals surface area contributed by atoms with Gasteiger partial charge in [-0.05, 0) is 5.56 Å². The highest BCUT2D eigenvalue weighted by atomic mass is 16.3. The average molecular weight is 214 g/mol. The minimum absolute atomic E-state index is 0.232. The van der Waals surface area contributed by atoms with Crippen molar-refractivity contribution in [3.8, 4) is 5.75 Å². The van der Waals surface area contributed by atoms with Crippen molar-refractivity contribution in [2.45, 2.75) is 13.0 Å². The summed E-state index contributed by atoms with van der Waals surface area (Å²) in [6, 6.07) is 10.0. The summed E-state index contributed by atoms with van der Waals surface area (Å²) in [5.41, 5.74) is 1.97. The van der Waals surface area contributed by atoms with Crippen LogP contribution >= 0.6 is 0 Å². The molecular formula is C13H14N2O. The van der Waals surface area contributed by atoms with Gasteiger partial charge in [-0.2, -0.15) is 5.10 Å². The van der Waals surface area contributed by atoms with Crippen molar-refractivity contribution in [2.24, 2.45) is 0 Å². The van der Waals surface area contributed by atoms with Crippen LogP contribution in [-0.2, 0) is 13.0 Å². The Morgan fingerprint density at radius 2 is 2.06 bits per heavy atom. The molecule has 0 amide bonds. The van der Waals surface area contributed by atoms with E-state index < -0.39 is 0 Å². The third-order valence-electron chi connectivity index (χ3n) is 2.44. The summed E-state index contributed by atoms with van der Waals surface area (Å²) < 4.78 is 1.80. The second kappa shape index (κ2) is 4.66. The molecule has 0 bridgehead atoms. The Labute approximate surface area is 94.7 Å². The van der Waals surface area contributed by atoms with Crippen LogP contribution in [0, 0.1) is 0 Å². The van der Waals surface area contributed by atoms with Gasteiger partial charge < -0.3 is 5.11 Å². The molecule has 3 nitrogen and oxygen atoms in total. The molecule has 1 aromatic carbocycles. The Balaban J connectivity index is 2.24.